The van der Waals surface area contributed by atoms with Gasteiger partial charge in [-0.25, -0.2) is 4.98 Å². The number of carbonyl (C=O) groups excluding carboxylic acids is 1. The normalized spacial score (nSPS) is 11.0. The highest BCUT2D eigenvalue weighted by Crippen LogP contribution is 2.17. The van der Waals surface area contributed by atoms with Crippen molar-refractivity contribution < 1.29 is 9.90 Å². The molecule has 2 heterocycles. The van der Waals surface area contributed by atoms with Crippen molar-refractivity contribution in [3.8, 4) is 0 Å². The van der Waals surface area contributed by atoms with E-state index in [2.05, 4.69) is 15.4 Å². The Balaban J connectivity index is 1.95. The van der Waals surface area contributed by atoms with Gasteiger partial charge in [0.15, 0.2) is 5.65 Å². The Morgan fingerprint density at radius 1 is 1.33 bits per heavy atom. The molecule has 7 nitrogen and oxygen atoms in total. The van der Waals surface area contributed by atoms with Crippen LogP contribution in [0.3, 0.4) is 0 Å². The zero-order chi connectivity index (χ0) is 17.3. The summed E-state index contributed by atoms with van der Waals surface area (Å²) in [5, 5.41) is 14.6. The minimum Gasteiger partial charge on any atom is -0.396 e. The van der Waals surface area contributed by atoms with Gasteiger partial charge in [-0.05, 0) is 37.1 Å². The highest BCUT2D eigenvalue weighted by Gasteiger charge is 2.17. The number of aromatic nitrogens is 3. The zero-order valence-electron chi connectivity index (χ0n) is 13.5. The average Bonchev–Trinajstić information content (AvgIpc) is 2.83. The third kappa shape index (κ3) is 2.93. The molecule has 0 saturated carbocycles. The lowest BCUT2D eigenvalue weighted by molar-refractivity contribution is 0.102. The Morgan fingerprint density at radius 2 is 2.04 bits per heavy atom. The van der Waals surface area contributed by atoms with E-state index in [1.165, 1.54) is 4.68 Å². The predicted molar refractivity (Wildman–Crippen MR) is 91.3 cm³/mol. The molecule has 0 fully saturated rings. The number of aryl methyl sites for hydroxylation is 2. The molecule has 1 aromatic carbocycles. The molecule has 124 valence electrons. The number of H-pyrrole nitrogens is 1. The minimum atomic E-state index is -0.364. The lowest BCUT2D eigenvalue weighted by atomic mass is 10.1. The summed E-state index contributed by atoms with van der Waals surface area (Å²) in [6, 6.07) is 8.82. The Bertz CT molecular complexity index is 954. The second-order valence-electron chi connectivity index (χ2n) is 5.63. The maximum absolute atomic E-state index is 12.6. The Labute approximate surface area is 137 Å². The topological polar surface area (TPSA) is 100 Å². The molecule has 0 aliphatic carbocycles. The van der Waals surface area contributed by atoms with Gasteiger partial charge in [0, 0.05) is 25.0 Å². The van der Waals surface area contributed by atoms with E-state index in [1.807, 2.05) is 12.1 Å². The Hall–Kier alpha value is -2.93. The fourth-order valence-corrected chi connectivity index (χ4v) is 2.65. The van der Waals surface area contributed by atoms with E-state index >= 15 is 0 Å². The van der Waals surface area contributed by atoms with Crippen LogP contribution >= 0.6 is 0 Å². The van der Waals surface area contributed by atoms with Gasteiger partial charge in [-0.3, -0.25) is 19.4 Å². The number of aromatic amines is 1. The maximum atomic E-state index is 12.6. The molecule has 0 aliphatic rings. The second kappa shape index (κ2) is 6.29. The van der Waals surface area contributed by atoms with Crippen LogP contribution in [0, 0.1) is 6.92 Å². The van der Waals surface area contributed by atoms with Crippen molar-refractivity contribution in [2.75, 3.05) is 11.9 Å². The number of nitrogens with one attached hydrogen (secondary N) is 2. The van der Waals surface area contributed by atoms with Crippen molar-refractivity contribution in [2.24, 2.45) is 7.05 Å². The number of aliphatic hydroxyl groups excluding tert-OH is 1. The number of nitrogens with zero attached hydrogens (tertiary/aromatic N) is 2. The van der Waals surface area contributed by atoms with Gasteiger partial charge in [0.1, 0.15) is 0 Å². The van der Waals surface area contributed by atoms with E-state index < -0.39 is 0 Å². The largest absolute Gasteiger partial charge is 0.396 e. The van der Waals surface area contributed by atoms with Gasteiger partial charge in [-0.1, -0.05) is 12.1 Å². The molecule has 0 saturated heterocycles. The summed E-state index contributed by atoms with van der Waals surface area (Å²) in [5.41, 5.74) is 2.65. The second-order valence-corrected chi connectivity index (χ2v) is 5.63. The lowest BCUT2D eigenvalue weighted by Crippen LogP contribution is -2.15. The molecule has 3 rings (SSSR count). The van der Waals surface area contributed by atoms with Crippen molar-refractivity contribution >= 4 is 22.6 Å². The van der Waals surface area contributed by atoms with Gasteiger partial charge in [0.05, 0.1) is 10.9 Å². The quantitative estimate of drug-likeness (QED) is 0.674. The number of aliphatic hydroxyl groups is 1. The molecule has 2 aromatic heterocycles. The van der Waals surface area contributed by atoms with Crippen LogP contribution in [0.15, 0.2) is 35.1 Å². The molecule has 7 heteroatoms. The number of rotatable bonds is 4. The van der Waals surface area contributed by atoms with E-state index in [1.54, 1.807) is 32.2 Å². The maximum Gasteiger partial charge on any atom is 0.274 e. The minimum absolute atomic E-state index is 0.0801. The first kappa shape index (κ1) is 15.9. The third-order valence-corrected chi connectivity index (χ3v) is 3.80. The van der Waals surface area contributed by atoms with Crippen LogP contribution in [0.2, 0.25) is 0 Å². The first-order valence-corrected chi connectivity index (χ1v) is 7.57. The summed E-state index contributed by atoms with van der Waals surface area (Å²) >= 11 is 0. The molecule has 0 bridgehead atoms. The van der Waals surface area contributed by atoms with Gasteiger partial charge in [0.2, 0.25) is 0 Å². The SMILES string of the molecule is Cc1cc(C(=O)Nc2ccc(CCO)cc2)c2c(=O)[nH]n(C)c2n1. The van der Waals surface area contributed by atoms with Crippen LogP contribution < -0.4 is 10.9 Å². The number of fused-ring (bicyclic) bond motifs is 1. The highest BCUT2D eigenvalue weighted by atomic mass is 16.3. The summed E-state index contributed by atoms with van der Waals surface area (Å²) in [6.07, 6.45) is 0.567. The average molecular weight is 326 g/mol. The number of benzene rings is 1. The number of amides is 1. The molecule has 3 aromatic rings. The lowest BCUT2D eigenvalue weighted by Gasteiger charge is -2.08. The molecule has 0 atom stereocenters. The number of hydrogen-bond acceptors (Lipinski definition) is 4. The summed E-state index contributed by atoms with van der Waals surface area (Å²) in [6.45, 7) is 1.86. The van der Waals surface area contributed by atoms with Crippen molar-refractivity contribution in [3.05, 3.63) is 57.5 Å². The number of anilines is 1. The molecule has 0 spiro atoms. The van der Waals surface area contributed by atoms with Crippen LogP contribution in [0.4, 0.5) is 5.69 Å². The Morgan fingerprint density at radius 3 is 2.71 bits per heavy atom. The van der Waals surface area contributed by atoms with Gasteiger partial charge >= 0.3 is 0 Å². The van der Waals surface area contributed by atoms with Crippen molar-refractivity contribution in [1.82, 2.24) is 14.8 Å². The van der Waals surface area contributed by atoms with E-state index in [9.17, 15) is 9.59 Å². The molecule has 0 aliphatic heterocycles. The fraction of sp³-hybridized carbons (Fsp3) is 0.235. The van der Waals surface area contributed by atoms with Gasteiger partial charge in [-0.15, -0.1) is 0 Å². The molecule has 3 N–H and O–H groups in total. The van der Waals surface area contributed by atoms with Gasteiger partial charge in [-0.2, -0.15) is 0 Å². The molecule has 0 unspecified atom stereocenters. The molecule has 24 heavy (non-hydrogen) atoms. The number of carbonyl (C=O) groups is 1. The first-order chi connectivity index (χ1) is 11.5. The fourth-order valence-electron chi connectivity index (χ4n) is 2.65. The van der Waals surface area contributed by atoms with E-state index in [0.29, 0.717) is 29.0 Å². The van der Waals surface area contributed by atoms with Crippen molar-refractivity contribution in [3.63, 3.8) is 0 Å². The smallest absolute Gasteiger partial charge is 0.274 e. The molecule has 0 radical (unpaired) electrons. The summed E-state index contributed by atoms with van der Waals surface area (Å²) in [5.74, 6) is -0.364. The zero-order valence-corrected chi connectivity index (χ0v) is 13.5. The van der Waals surface area contributed by atoms with Gasteiger partial charge in [0.25, 0.3) is 11.5 Å². The highest BCUT2D eigenvalue weighted by molar-refractivity contribution is 6.11. The van der Waals surface area contributed by atoms with Crippen LogP contribution in [0.1, 0.15) is 21.6 Å². The monoisotopic (exact) mass is 326 g/mol. The molecular weight excluding hydrogens is 308 g/mol. The molecule has 1 amide bonds. The predicted octanol–water partition coefficient (Wildman–Crippen LogP) is 1.36. The summed E-state index contributed by atoms with van der Waals surface area (Å²) in [7, 11) is 1.68. The first-order valence-electron chi connectivity index (χ1n) is 7.57. The van der Waals surface area contributed by atoms with Crippen LogP contribution in [-0.4, -0.2) is 32.4 Å². The van der Waals surface area contributed by atoms with Crippen LogP contribution in [0.5, 0.6) is 0 Å². The van der Waals surface area contributed by atoms with E-state index in [-0.39, 0.29) is 23.5 Å². The third-order valence-electron chi connectivity index (χ3n) is 3.80. The number of hydrogen-bond donors (Lipinski definition) is 3. The van der Waals surface area contributed by atoms with Crippen molar-refractivity contribution in [1.29, 1.82) is 0 Å². The standard InChI is InChI=1S/C17H18N4O3/c1-10-9-13(14-15(18-10)21(2)20-17(14)24)16(23)19-12-5-3-11(4-6-12)7-8-22/h3-6,9,22H,7-8H2,1-2H3,(H,19,23)(H,20,24). The molecular formula is C17H18N4O3. The Kier molecular flexibility index (Phi) is 4.18. The summed E-state index contributed by atoms with van der Waals surface area (Å²) in [4.78, 5) is 29.0. The van der Waals surface area contributed by atoms with E-state index in [4.69, 9.17) is 5.11 Å². The van der Waals surface area contributed by atoms with E-state index in [0.717, 1.165) is 5.56 Å². The van der Waals surface area contributed by atoms with Gasteiger partial charge < -0.3 is 10.4 Å². The van der Waals surface area contributed by atoms with Crippen molar-refractivity contribution in [2.45, 2.75) is 13.3 Å². The summed E-state index contributed by atoms with van der Waals surface area (Å²) < 4.78 is 1.51. The van der Waals surface area contributed by atoms with Crippen LogP contribution in [-0.2, 0) is 13.5 Å². The van der Waals surface area contributed by atoms with Crippen LogP contribution in [0.25, 0.3) is 11.0 Å². The number of pyridine rings is 1.